The second kappa shape index (κ2) is 8.05. The van der Waals surface area contributed by atoms with E-state index in [0.717, 1.165) is 50.1 Å². The second-order valence-corrected chi connectivity index (χ2v) is 9.30. The summed E-state index contributed by atoms with van der Waals surface area (Å²) in [6.07, 6.45) is 1.79. The van der Waals surface area contributed by atoms with E-state index in [1.807, 2.05) is 59.8 Å². The molecule has 1 aromatic carbocycles. The molecule has 1 aliphatic heterocycles. The molecule has 158 valence electrons. The Morgan fingerprint density at radius 2 is 1.81 bits per heavy atom. The lowest BCUT2D eigenvalue weighted by atomic mass is 10.1. The molecule has 5 rings (SSSR count). The quantitative estimate of drug-likeness (QED) is 0.424. The highest BCUT2D eigenvalue weighted by Gasteiger charge is 2.24. The summed E-state index contributed by atoms with van der Waals surface area (Å²) in [6.45, 7) is 6.87. The molecule has 0 aliphatic carbocycles. The molecule has 9 heteroatoms. The van der Waals surface area contributed by atoms with Crippen LogP contribution in [0.15, 0.2) is 47.1 Å². The van der Waals surface area contributed by atoms with E-state index in [2.05, 4.69) is 35.9 Å². The second-order valence-electron chi connectivity index (χ2n) is 7.55. The predicted octanol–water partition coefficient (Wildman–Crippen LogP) is 4.22. The fourth-order valence-corrected chi connectivity index (χ4v) is 5.01. The van der Waals surface area contributed by atoms with Gasteiger partial charge in [-0.15, -0.1) is 0 Å². The zero-order valence-corrected chi connectivity index (χ0v) is 19.7. The molecule has 0 saturated carbocycles. The third kappa shape index (κ3) is 3.72. The number of anilines is 1. The van der Waals surface area contributed by atoms with Gasteiger partial charge in [0.05, 0.1) is 21.5 Å². The molecule has 0 atom stereocenters. The van der Waals surface area contributed by atoms with Crippen LogP contribution in [-0.2, 0) is 0 Å². The molecular formula is C22H21BrN6OS. The Morgan fingerprint density at radius 3 is 2.45 bits per heavy atom. The molecule has 0 N–H and O–H groups in total. The normalized spacial score (nSPS) is 14.4. The Kier molecular flexibility index (Phi) is 5.23. The van der Waals surface area contributed by atoms with Crippen LogP contribution in [0.25, 0.3) is 16.0 Å². The molecular weight excluding hydrogens is 476 g/mol. The SMILES string of the molecule is Cc1nn(-c2ccc(C(=O)N3CCN(c4nc5cccnc5s4)CC3)cc2)c(C)c1Br. The van der Waals surface area contributed by atoms with E-state index in [1.165, 1.54) is 0 Å². The minimum absolute atomic E-state index is 0.0618. The highest BCUT2D eigenvalue weighted by atomic mass is 79.9. The Balaban J connectivity index is 1.26. The van der Waals surface area contributed by atoms with E-state index in [9.17, 15) is 4.79 Å². The van der Waals surface area contributed by atoms with Crippen LogP contribution in [0.4, 0.5) is 5.13 Å². The number of carbonyl (C=O) groups excluding carboxylic acids is 1. The molecule has 1 fully saturated rings. The minimum Gasteiger partial charge on any atom is -0.344 e. The van der Waals surface area contributed by atoms with Crippen molar-refractivity contribution in [3.8, 4) is 5.69 Å². The number of halogens is 1. The summed E-state index contributed by atoms with van der Waals surface area (Å²) in [5.74, 6) is 0.0618. The fourth-order valence-electron chi connectivity index (χ4n) is 3.80. The number of amides is 1. The highest BCUT2D eigenvalue weighted by molar-refractivity contribution is 9.10. The molecule has 4 heterocycles. The lowest BCUT2D eigenvalue weighted by Gasteiger charge is -2.34. The maximum absolute atomic E-state index is 13.0. The first-order chi connectivity index (χ1) is 15.0. The van der Waals surface area contributed by atoms with Crippen LogP contribution in [-0.4, -0.2) is 56.7 Å². The third-order valence-electron chi connectivity index (χ3n) is 5.55. The van der Waals surface area contributed by atoms with Crippen LogP contribution >= 0.6 is 27.3 Å². The first kappa shape index (κ1) is 20.1. The van der Waals surface area contributed by atoms with E-state index < -0.39 is 0 Å². The maximum atomic E-state index is 13.0. The van der Waals surface area contributed by atoms with E-state index in [-0.39, 0.29) is 5.91 Å². The number of hydrogen-bond donors (Lipinski definition) is 0. The first-order valence-corrected chi connectivity index (χ1v) is 11.7. The van der Waals surface area contributed by atoms with Crippen molar-refractivity contribution in [2.45, 2.75) is 13.8 Å². The summed E-state index contributed by atoms with van der Waals surface area (Å²) in [4.78, 5) is 27.2. The minimum atomic E-state index is 0.0618. The van der Waals surface area contributed by atoms with Crippen LogP contribution in [0.1, 0.15) is 21.7 Å². The summed E-state index contributed by atoms with van der Waals surface area (Å²) in [7, 11) is 0. The van der Waals surface area contributed by atoms with Gasteiger partial charge in [-0.3, -0.25) is 4.79 Å². The third-order valence-corrected chi connectivity index (χ3v) is 7.74. The largest absolute Gasteiger partial charge is 0.344 e. The standard InChI is InChI=1S/C22H21BrN6OS/c1-14-19(23)15(2)29(26-14)17-7-5-16(6-8-17)21(30)27-10-12-28(13-11-27)22-25-18-4-3-9-24-20(18)31-22/h3-9H,10-13H2,1-2H3. The van der Waals surface area contributed by atoms with Gasteiger partial charge in [0.25, 0.3) is 5.91 Å². The van der Waals surface area contributed by atoms with Gasteiger partial charge in [-0.2, -0.15) is 5.10 Å². The summed E-state index contributed by atoms with van der Waals surface area (Å²) < 4.78 is 2.90. The van der Waals surface area contributed by atoms with Gasteiger partial charge in [0.1, 0.15) is 10.3 Å². The number of benzene rings is 1. The Hall–Kier alpha value is -2.78. The summed E-state index contributed by atoms with van der Waals surface area (Å²) in [5.41, 5.74) is 4.55. The maximum Gasteiger partial charge on any atom is 0.253 e. The van der Waals surface area contributed by atoms with Gasteiger partial charge < -0.3 is 9.80 Å². The lowest BCUT2D eigenvalue weighted by Crippen LogP contribution is -2.48. The van der Waals surface area contributed by atoms with Crippen LogP contribution in [0.5, 0.6) is 0 Å². The summed E-state index contributed by atoms with van der Waals surface area (Å²) in [6, 6.07) is 11.5. The van der Waals surface area contributed by atoms with Gasteiger partial charge >= 0.3 is 0 Å². The zero-order valence-electron chi connectivity index (χ0n) is 17.2. The number of nitrogens with zero attached hydrogens (tertiary/aromatic N) is 6. The van der Waals surface area contributed by atoms with Crippen LogP contribution in [0.3, 0.4) is 0 Å². The topological polar surface area (TPSA) is 67.2 Å². The molecule has 1 aliphatic rings. The number of pyridine rings is 1. The van der Waals surface area contributed by atoms with Crippen LogP contribution in [0, 0.1) is 13.8 Å². The van der Waals surface area contributed by atoms with Gasteiger partial charge in [0, 0.05) is 37.9 Å². The van der Waals surface area contributed by atoms with Crippen molar-refractivity contribution in [3.63, 3.8) is 0 Å². The van der Waals surface area contributed by atoms with Gasteiger partial charge in [-0.1, -0.05) is 11.3 Å². The van der Waals surface area contributed by atoms with Crippen molar-refractivity contribution in [1.82, 2.24) is 24.6 Å². The smallest absolute Gasteiger partial charge is 0.253 e. The molecule has 1 saturated heterocycles. The number of aryl methyl sites for hydroxylation is 1. The van der Waals surface area contributed by atoms with Crippen LogP contribution in [0.2, 0.25) is 0 Å². The van der Waals surface area contributed by atoms with E-state index in [1.54, 1.807) is 17.5 Å². The number of rotatable bonds is 3. The molecule has 1 amide bonds. The number of hydrogen-bond acceptors (Lipinski definition) is 6. The molecule has 0 spiro atoms. The van der Waals surface area contributed by atoms with Crippen molar-refractivity contribution in [2.75, 3.05) is 31.1 Å². The fraction of sp³-hybridized carbons (Fsp3) is 0.273. The number of fused-ring (bicyclic) bond motifs is 1. The van der Waals surface area contributed by atoms with E-state index >= 15 is 0 Å². The van der Waals surface area contributed by atoms with Crippen molar-refractivity contribution < 1.29 is 4.79 Å². The molecule has 3 aromatic heterocycles. The van der Waals surface area contributed by atoms with Gasteiger partial charge in [0.15, 0.2) is 5.13 Å². The molecule has 0 unspecified atom stereocenters. The van der Waals surface area contributed by atoms with Crippen molar-refractivity contribution in [3.05, 3.63) is 64.0 Å². The number of carbonyl (C=O) groups is 1. The van der Waals surface area contributed by atoms with Crippen LogP contribution < -0.4 is 4.90 Å². The number of piperazine rings is 1. The predicted molar refractivity (Wildman–Crippen MR) is 126 cm³/mol. The molecule has 31 heavy (non-hydrogen) atoms. The molecule has 0 bridgehead atoms. The average molecular weight is 497 g/mol. The highest BCUT2D eigenvalue weighted by Crippen LogP contribution is 2.28. The van der Waals surface area contributed by atoms with E-state index in [4.69, 9.17) is 0 Å². The van der Waals surface area contributed by atoms with Gasteiger partial charge in [0.2, 0.25) is 0 Å². The van der Waals surface area contributed by atoms with Gasteiger partial charge in [-0.05, 0) is 66.2 Å². The molecule has 7 nitrogen and oxygen atoms in total. The summed E-state index contributed by atoms with van der Waals surface area (Å²) in [5, 5.41) is 5.53. The number of thiazole rings is 1. The molecule has 0 radical (unpaired) electrons. The van der Waals surface area contributed by atoms with Gasteiger partial charge in [-0.25, -0.2) is 14.6 Å². The van der Waals surface area contributed by atoms with Crippen molar-refractivity contribution >= 4 is 48.7 Å². The average Bonchev–Trinajstić information content (AvgIpc) is 3.35. The van der Waals surface area contributed by atoms with Crippen molar-refractivity contribution in [2.24, 2.45) is 0 Å². The zero-order chi connectivity index (χ0) is 21.5. The molecule has 4 aromatic rings. The first-order valence-electron chi connectivity index (χ1n) is 10.1. The lowest BCUT2D eigenvalue weighted by molar-refractivity contribution is 0.0747. The number of aromatic nitrogens is 4. The summed E-state index contributed by atoms with van der Waals surface area (Å²) >= 11 is 5.17. The van der Waals surface area contributed by atoms with E-state index in [0.29, 0.717) is 18.7 Å². The Labute approximate surface area is 192 Å². The van der Waals surface area contributed by atoms with Crippen molar-refractivity contribution in [1.29, 1.82) is 0 Å². The monoisotopic (exact) mass is 496 g/mol. The Bertz CT molecular complexity index is 1220. The Morgan fingerprint density at radius 1 is 1.06 bits per heavy atom.